The maximum atomic E-state index is 11.0. The molecular weight excluding hydrogens is 230 g/mol. The molecular formula is C10H10BrNO. The molecule has 13 heavy (non-hydrogen) atoms. The molecule has 3 heteroatoms. The highest BCUT2D eigenvalue weighted by Crippen LogP contribution is 2.57. The van der Waals surface area contributed by atoms with Crippen LogP contribution in [0.3, 0.4) is 0 Å². The summed E-state index contributed by atoms with van der Waals surface area (Å²) in [6.45, 7) is 0. The van der Waals surface area contributed by atoms with Gasteiger partial charge in [0.2, 0.25) is 5.91 Å². The molecule has 1 saturated carbocycles. The molecule has 0 heterocycles. The van der Waals surface area contributed by atoms with Crippen LogP contribution in [0.1, 0.15) is 17.9 Å². The van der Waals surface area contributed by atoms with Gasteiger partial charge >= 0.3 is 0 Å². The Labute approximate surface area is 85.3 Å². The fourth-order valence-corrected chi connectivity index (χ4v) is 2.17. The molecule has 1 aliphatic rings. The summed E-state index contributed by atoms with van der Waals surface area (Å²) in [5.74, 6) is -0.00690. The summed E-state index contributed by atoms with van der Waals surface area (Å²) in [5, 5.41) is 0. The quantitative estimate of drug-likeness (QED) is 0.787. The van der Waals surface area contributed by atoms with Gasteiger partial charge in [-0.15, -0.1) is 0 Å². The van der Waals surface area contributed by atoms with E-state index < -0.39 is 4.32 Å². The third kappa shape index (κ3) is 1.37. The Kier molecular flexibility index (Phi) is 1.91. The van der Waals surface area contributed by atoms with Crippen LogP contribution in [0.2, 0.25) is 0 Å². The van der Waals surface area contributed by atoms with E-state index in [9.17, 15) is 4.79 Å². The van der Waals surface area contributed by atoms with Gasteiger partial charge in [0.05, 0.1) is 0 Å². The van der Waals surface area contributed by atoms with Crippen molar-refractivity contribution in [1.29, 1.82) is 0 Å². The molecule has 2 atom stereocenters. The van der Waals surface area contributed by atoms with Gasteiger partial charge in [-0.2, -0.15) is 0 Å². The minimum atomic E-state index is -0.478. The minimum absolute atomic E-state index is 0.256. The number of rotatable bonds is 2. The molecule has 0 radical (unpaired) electrons. The number of amides is 1. The lowest BCUT2D eigenvalue weighted by atomic mass is 10.1. The molecule has 0 aliphatic heterocycles. The first-order valence-corrected chi connectivity index (χ1v) is 4.97. The van der Waals surface area contributed by atoms with E-state index in [4.69, 9.17) is 5.73 Å². The van der Waals surface area contributed by atoms with Crippen molar-refractivity contribution >= 4 is 21.8 Å². The smallest absolute Gasteiger partial charge is 0.234 e. The predicted octanol–water partition coefficient (Wildman–Crippen LogP) is 1.79. The highest BCUT2D eigenvalue weighted by Gasteiger charge is 2.57. The van der Waals surface area contributed by atoms with Gasteiger partial charge in [0, 0.05) is 5.92 Å². The van der Waals surface area contributed by atoms with E-state index >= 15 is 0 Å². The molecule has 0 spiro atoms. The third-order valence-corrected chi connectivity index (χ3v) is 3.77. The summed E-state index contributed by atoms with van der Waals surface area (Å²) in [4.78, 5) is 11.0. The van der Waals surface area contributed by atoms with Gasteiger partial charge in [-0.05, 0) is 12.0 Å². The second-order valence-electron chi connectivity index (χ2n) is 3.39. The van der Waals surface area contributed by atoms with Crippen molar-refractivity contribution < 1.29 is 4.79 Å². The molecule has 0 saturated heterocycles. The summed E-state index contributed by atoms with van der Waals surface area (Å²) in [6.07, 6.45) is 0.812. The van der Waals surface area contributed by atoms with E-state index in [-0.39, 0.29) is 11.8 Å². The maximum absolute atomic E-state index is 11.0. The molecule has 2 nitrogen and oxygen atoms in total. The standard InChI is InChI=1S/C10H10BrNO/c11-10(9(12)13)6-8(10)7-4-2-1-3-5-7/h1-5,8H,6H2,(H2,12,13)/t8-,10+/m0/s1. The van der Waals surface area contributed by atoms with Crippen molar-refractivity contribution in [3.63, 3.8) is 0 Å². The zero-order chi connectivity index (χ0) is 9.47. The molecule has 0 unspecified atom stereocenters. The number of halogens is 1. The number of carbonyl (C=O) groups excluding carboxylic acids is 1. The fraction of sp³-hybridized carbons (Fsp3) is 0.300. The van der Waals surface area contributed by atoms with Crippen molar-refractivity contribution in [1.82, 2.24) is 0 Å². The number of benzene rings is 1. The minimum Gasteiger partial charge on any atom is -0.368 e. The SMILES string of the molecule is NC(=O)[C@@]1(Br)C[C@H]1c1ccccc1. The van der Waals surface area contributed by atoms with Crippen LogP contribution in [0.5, 0.6) is 0 Å². The summed E-state index contributed by atoms with van der Waals surface area (Å²) < 4.78 is -0.478. The van der Waals surface area contributed by atoms with Gasteiger partial charge in [-0.25, -0.2) is 0 Å². The fourth-order valence-electron chi connectivity index (χ4n) is 1.58. The Balaban J connectivity index is 2.21. The van der Waals surface area contributed by atoms with Gasteiger partial charge in [0.15, 0.2) is 0 Å². The van der Waals surface area contributed by atoms with E-state index in [1.165, 1.54) is 5.56 Å². The largest absolute Gasteiger partial charge is 0.368 e. The number of primary amides is 1. The normalized spacial score (nSPS) is 31.3. The van der Waals surface area contributed by atoms with Crippen molar-refractivity contribution in [2.75, 3.05) is 0 Å². The van der Waals surface area contributed by atoms with Crippen LogP contribution in [0, 0.1) is 0 Å². The molecule has 0 aromatic heterocycles. The van der Waals surface area contributed by atoms with Gasteiger partial charge in [0.25, 0.3) is 0 Å². The zero-order valence-corrected chi connectivity index (χ0v) is 8.62. The highest BCUT2D eigenvalue weighted by atomic mass is 79.9. The number of nitrogens with two attached hydrogens (primary N) is 1. The van der Waals surface area contributed by atoms with E-state index in [1.807, 2.05) is 30.3 Å². The third-order valence-electron chi connectivity index (χ3n) is 2.50. The van der Waals surface area contributed by atoms with Crippen LogP contribution in [-0.4, -0.2) is 10.2 Å². The van der Waals surface area contributed by atoms with Crippen LogP contribution >= 0.6 is 15.9 Å². The molecule has 1 fully saturated rings. The van der Waals surface area contributed by atoms with Crippen molar-refractivity contribution in [2.45, 2.75) is 16.7 Å². The molecule has 1 aromatic rings. The monoisotopic (exact) mass is 239 g/mol. The average Bonchev–Trinajstić information content (AvgIpc) is 2.81. The van der Waals surface area contributed by atoms with E-state index in [1.54, 1.807) is 0 Å². The lowest BCUT2D eigenvalue weighted by molar-refractivity contribution is -0.118. The van der Waals surface area contributed by atoms with Crippen molar-refractivity contribution in [3.05, 3.63) is 35.9 Å². The first-order valence-electron chi connectivity index (χ1n) is 4.18. The average molecular weight is 240 g/mol. The summed E-state index contributed by atoms with van der Waals surface area (Å²) in [5.41, 5.74) is 6.45. The Bertz CT molecular complexity index is 338. The van der Waals surface area contributed by atoms with E-state index in [0.29, 0.717) is 0 Å². The van der Waals surface area contributed by atoms with E-state index in [0.717, 1.165) is 6.42 Å². The molecule has 0 bridgehead atoms. The number of hydrogen-bond acceptors (Lipinski definition) is 1. The maximum Gasteiger partial charge on any atom is 0.234 e. The molecule has 1 aliphatic carbocycles. The first-order chi connectivity index (χ1) is 6.14. The zero-order valence-electron chi connectivity index (χ0n) is 7.03. The first kappa shape index (κ1) is 8.75. The molecule has 1 aromatic carbocycles. The van der Waals surface area contributed by atoms with Crippen molar-refractivity contribution in [2.24, 2.45) is 5.73 Å². The van der Waals surface area contributed by atoms with Crippen LogP contribution in [0.4, 0.5) is 0 Å². The number of carbonyl (C=O) groups is 1. The second-order valence-corrected chi connectivity index (χ2v) is 4.81. The van der Waals surface area contributed by atoms with Crippen LogP contribution in [-0.2, 0) is 4.79 Å². The van der Waals surface area contributed by atoms with Crippen LogP contribution in [0.15, 0.2) is 30.3 Å². The summed E-state index contributed by atoms with van der Waals surface area (Å²) >= 11 is 3.38. The molecule has 1 amide bonds. The Morgan fingerprint density at radius 1 is 1.46 bits per heavy atom. The van der Waals surface area contributed by atoms with Gasteiger partial charge < -0.3 is 5.73 Å². The van der Waals surface area contributed by atoms with Crippen LogP contribution in [0.25, 0.3) is 0 Å². The lowest BCUT2D eigenvalue weighted by Crippen LogP contribution is -2.26. The van der Waals surface area contributed by atoms with Crippen molar-refractivity contribution in [3.8, 4) is 0 Å². The number of hydrogen-bond donors (Lipinski definition) is 1. The van der Waals surface area contributed by atoms with E-state index in [2.05, 4.69) is 15.9 Å². The van der Waals surface area contributed by atoms with Gasteiger partial charge in [-0.3, -0.25) is 4.79 Å². The van der Waals surface area contributed by atoms with Gasteiger partial charge in [-0.1, -0.05) is 46.3 Å². The second kappa shape index (κ2) is 2.84. The molecule has 68 valence electrons. The Morgan fingerprint density at radius 3 is 2.54 bits per heavy atom. The topological polar surface area (TPSA) is 43.1 Å². The summed E-state index contributed by atoms with van der Waals surface area (Å²) in [6, 6.07) is 9.96. The van der Waals surface area contributed by atoms with Crippen LogP contribution < -0.4 is 5.73 Å². The highest BCUT2D eigenvalue weighted by molar-refractivity contribution is 9.10. The molecule has 2 rings (SSSR count). The lowest BCUT2D eigenvalue weighted by Gasteiger charge is -2.03. The molecule has 2 N–H and O–H groups in total. The predicted molar refractivity (Wildman–Crippen MR) is 54.7 cm³/mol. The Morgan fingerprint density at radius 2 is 2.08 bits per heavy atom. The summed E-state index contributed by atoms with van der Waals surface area (Å²) in [7, 11) is 0. The number of alkyl halides is 1. The van der Waals surface area contributed by atoms with Gasteiger partial charge in [0.1, 0.15) is 4.32 Å². The Hall–Kier alpha value is -0.830.